The molecule has 0 spiro atoms. The van der Waals surface area contributed by atoms with E-state index < -0.39 is 7.12 Å². The lowest BCUT2D eigenvalue weighted by atomic mass is 9.77. The zero-order valence-electron chi connectivity index (χ0n) is 16.1. The van der Waals surface area contributed by atoms with Gasteiger partial charge in [-0.05, 0) is 54.5 Å². The lowest BCUT2D eigenvalue weighted by Gasteiger charge is -2.28. The molecule has 0 radical (unpaired) electrons. The molecule has 0 fully saturated rings. The second-order valence-corrected chi connectivity index (χ2v) is 7.01. The van der Waals surface area contributed by atoms with Gasteiger partial charge in [0.15, 0.2) is 0 Å². The first-order valence-electron chi connectivity index (χ1n) is 9.73. The van der Waals surface area contributed by atoms with Crippen molar-refractivity contribution < 1.29 is 14.8 Å². The smallest absolute Gasteiger partial charge is 0.458 e. The largest absolute Gasteiger partial charge is 0.508 e. The van der Waals surface area contributed by atoms with Gasteiger partial charge in [0.2, 0.25) is 0 Å². The van der Waals surface area contributed by atoms with Crippen LogP contribution in [0.5, 0.6) is 5.75 Å². The maximum atomic E-state index is 9.90. The van der Waals surface area contributed by atoms with Crippen LogP contribution in [0.2, 0.25) is 6.32 Å². The molecule has 1 atom stereocenters. The molecule has 0 amide bonds. The van der Waals surface area contributed by atoms with Crippen molar-refractivity contribution >= 4 is 13.2 Å². The highest BCUT2D eigenvalue weighted by Crippen LogP contribution is 2.30. The van der Waals surface area contributed by atoms with Gasteiger partial charge in [-0.2, -0.15) is 0 Å². The summed E-state index contributed by atoms with van der Waals surface area (Å²) < 4.78 is 5.82. The van der Waals surface area contributed by atoms with E-state index in [1.165, 1.54) is 5.57 Å². The Morgan fingerprint density at radius 1 is 1.27 bits per heavy atom. The molecule has 1 aromatic carbocycles. The lowest BCUT2D eigenvalue weighted by Crippen LogP contribution is -2.31. The van der Waals surface area contributed by atoms with Crippen molar-refractivity contribution in [1.29, 1.82) is 0 Å². The fourth-order valence-corrected chi connectivity index (χ4v) is 3.48. The predicted octanol–water partition coefficient (Wildman–Crippen LogP) is 5.52. The van der Waals surface area contributed by atoms with Gasteiger partial charge in [0.05, 0.1) is 6.10 Å². The molecule has 2 N–H and O–H groups in total. The molecule has 0 saturated carbocycles. The van der Waals surface area contributed by atoms with Crippen molar-refractivity contribution in [3.63, 3.8) is 0 Å². The summed E-state index contributed by atoms with van der Waals surface area (Å²) >= 11 is 0. The molecule has 1 aliphatic heterocycles. The molecule has 0 bridgehead atoms. The van der Waals surface area contributed by atoms with E-state index in [4.69, 9.17) is 4.65 Å². The third-order valence-corrected chi connectivity index (χ3v) is 4.71. The van der Waals surface area contributed by atoms with E-state index in [9.17, 15) is 10.1 Å². The third kappa shape index (κ3) is 6.19. The molecule has 140 valence electrons. The number of aromatic hydroxyl groups is 1. The zero-order chi connectivity index (χ0) is 18.9. The molecule has 3 nitrogen and oxygen atoms in total. The molecule has 0 saturated heterocycles. The van der Waals surface area contributed by atoms with Gasteiger partial charge in [-0.1, -0.05) is 63.1 Å². The lowest BCUT2D eigenvalue weighted by molar-refractivity contribution is 0.182. The van der Waals surface area contributed by atoms with Crippen LogP contribution < -0.4 is 0 Å². The average Bonchev–Trinajstić information content (AvgIpc) is 2.60. The van der Waals surface area contributed by atoms with Crippen LogP contribution in [0.4, 0.5) is 0 Å². The minimum absolute atomic E-state index is 0.0952. The Bertz CT molecular complexity index is 663. The molecular formula is C22H31BO3. The second kappa shape index (κ2) is 10.4. The number of hydrogen-bond donors (Lipinski definition) is 2. The first kappa shape index (κ1) is 20.5. The summed E-state index contributed by atoms with van der Waals surface area (Å²) in [6.45, 7) is 8.53. The maximum Gasteiger partial charge on any atom is 0.458 e. The highest BCUT2D eigenvalue weighted by Gasteiger charge is 2.27. The van der Waals surface area contributed by atoms with Crippen LogP contribution in [0.25, 0.3) is 6.08 Å². The van der Waals surface area contributed by atoms with Crippen LogP contribution in [-0.4, -0.2) is 23.4 Å². The van der Waals surface area contributed by atoms with Crippen LogP contribution in [0.1, 0.15) is 57.9 Å². The summed E-state index contributed by atoms with van der Waals surface area (Å²) in [4.78, 5) is 0. The van der Waals surface area contributed by atoms with Gasteiger partial charge in [-0.25, -0.2) is 0 Å². The topological polar surface area (TPSA) is 49.7 Å². The fourth-order valence-electron chi connectivity index (χ4n) is 3.48. The van der Waals surface area contributed by atoms with Crippen molar-refractivity contribution in [3.05, 3.63) is 59.2 Å². The summed E-state index contributed by atoms with van der Waals surface area (Å²) in [6.07, 6.45) is 10.5. The quantitative estimate of drug-likeness (QED) is 0.574. The Morgan fingerprint density at radius 3 is 2.73 bits per heavy atom. The summed E-state index contributed by atoms with van der Waals surface area (Å²) in [5, 5.41) is 19.6. The van der Waals surface area contributed by atoms with Gasteiger partial charge in [-0.3, -0.25) is 0 Å². The molecule has 1 aliphatic rings. The Labute approximate surface area is 158 Å². The Morgan fingerprint density at radius 2 is 2.04 bits per heavy atom. The van der Waals surface area contributed by atoms with E-state index >= 15 is 0 Å². The van der Waals surface area contributed by atoms with E-state index in [0.717, 1.165) is 55.2 Å². The molecule has 1 aromatic rings. The maximum absolute atomic E-state index is 9.90. The van der Waals surface area contributed by atoms with Crippen molar-refractivity contribution in [3.8, 4) is 5.75 Å². The van der Waals surface area contributed by atoms with Gasteiger partial charge in [0, 0.05) is 6.32 Å². The van der Waals surface area contributed by atoms with Gasteiger partial charge >= 0.3 is 7.12 Å². The molecular weight excluding hydrogens is 323 g/mol. The van der Waals surface area contributed by atoms with E-state index in [1.807, 2.05) is 12.1 Å². The molecule has 0 aromatic heterocycles. The normalized spacial score (nSPS) is 18.0. The predicted molar refractivity (Wildman–Crippen MR) is 110 cm³/mol. The first-order chi connectivity index (χ1) is 12.5. The molecule has 26 heavy (non-hydrogen) atoms. The molecule has 0 aliphatic carbocycles. The number of benzene rings is 1. The zero-order valence-corrected chi connectivity index (χ0v) is 16.1. The van der Waals surface area contributed by atoms with Gasteiger partial charge in [0.25, 0.3) is 0 Å². The third-order valence-electron chi connectivity index (χ3n) is 4.71. The molecule has 4 heteroatoms. The molecule has 1 unspecified atom stereocenters. The van der Waals surface area contributed by atoms with Crippen LogP contribution in [-0.2, 0) is 4.65 Å². The summed E-state index contributed by atoms with van der Waals surface area (Å²) in [7, 11) is -0.720. The number of phenols is 1. The van der Waals surface area contributed by atoms with Gasteiger partial charge < -0.3 is 14.8 Å². The van der Waals surface area contributed by atoms with Crippen LogP contribution in [0, 0.1) is 0 Å². The van der Waals surface area contributed by atoms with Crippen molar-refractivity contribution in [1.82, 2.24) is 0 Å². The van der Waals surface area contributed by atoms with Crippen molar-refractivity contribution in [2.45, 2.75) is 64.8 Å². The molecule has 1 heterocycles. The number of phenolic OH excluding ortho intramolecular Hbond substituents is 1. The van der Waals surface area contributed by atoms with E-state index in [2.05, 4.69) is 32.6 Å². The van der Waals surface area contributed by atoms with E-state index in [0.29, 0.717) is 6.32 Å². The number of hydrogen-bond acceptors (Lipinski definition) is 3. The number of rotatable bonds is 9. The highest BCUT2D eigenvalue weighted by molar-refractivity contribution is 6.43. The Hall–Kier alpha value is -1.78. The number of allylic oxidation sites excluding steroid dienone is 2. The Kier molecular flexibility index (Phi) is 8.21. The minimum atomic E-state index is -0.720. The van der Waals surface area contributed by atoms with Crippen molar-refractivity contribution in [2.75, 3.05) is 0 Å². The van der Waals surface area contributed by atoms with Gasteiger partial charge in [0.1, 0.15) is 5.75 Å². The average molecular weight is 354 g/mol. The molecule has 2 rings (SSSR count). The fraction of sp³-hybridized carbons (Fsp3) is 0.455. The first-order valence-corrected chi connectivity index (χ1v) is 9.73. The minimum Gasteiger partial charge on any atom is -0.508 e. The van der Waals surface area contributed by atoms with Crippen LogP contribution in [0.3, 0.4) is 0 Å². The SMILES string of the molecule is C=C(CCC)C1=CCB(O)OC1CC/C(=C/c1cccc(O)c1)CCC. The van der Waals surface area contributed by atoms with E-state index in [-0.39, 0.29) is 11.9 Å². The van der Waals surface area contributed by atoms with E-state index in [1.54, 1.807) is 12.1 Å². The second-order valence-electron chi connectivity index (χ2n) is 7.01. The van der Waals surface area contributed by atoms with Crippen LogP contribution in [0.15, 0.2) is 53.6 Å². The standard InChI is InChI=1S/C22H31BO3/c1-4-7-17(3)21-13-14-23(25)26-22(21)12-11-18(8-5-2)15-19-9-6-10-20(24)16-19/h6,9-10,13,15-16,22,24-25H,3-5,7-8,11-12,14H2,1-2H3/b18-15+. The summed E-state index contributed by atoms with van der Waals surface area (Å²) in [5.74, 6) is 0.286. The summed E-state index contributed by atoms with van der Waals surface area (Å²) in [5.41, 5.74) is 4.63. The highest BCUT2D eigenvalue weighted by atomic mass is 16.5. The van der Waals surface area contributed by atoms with Gasteiger partial charge in [-0.15, -0.1) is 0 Å². The summed E-state index contributed by atoms with van der Waals surface area (Å²) in [6, 6.07) is 7.33. The monoisotopic (exact) mass is 354 g/mol. The Balaban J connectivity index is 2.09. The van der Waals surface area contributed by atoms with Crippen LogP contribution >= 0.6 is 0 Å². The van der Waals surface area contributed by atoms with Crippen molar-refractivity contribution in [2.24, 2.45) is 0 Å².